The zero-order valence-electron chi connectivity index (χ0n) is 11.6. The normalized spacial score (nSPS) is 26.6. The summed E-state index contributed by atoms with van der Waals surface area (Å²) in [5, 5.41) is 0. The molecule has 1 atom stereocenters. The summed E-state index contributed by atoms with van der Waals surface area (Å²) in [6, 6.07) is 8.47. The molecule has 1 aliphatic heterocycles. The van der Waals surface area contributed by atoms with Crippen LogP contribution in [-0.4, -0.2) is 31.8 Å². The van der Waals surface area contributed by atoms with E-state index in [0.29, 0.717) is 18.5 Å². The summed E-state index contributed by atoms with van der Waals surface area (Å²) in [4.78, 5) is 6.68. The second kappa shape index (κ2) is 4.53. The topological polar surface area (TPSA) is 50.9 Å². The summed E-state index contributed by atoms with van der Waals surface area (Å²) in [7, 11) is 1.76. The zero-order valence-corrected chi connectivity index (χ0v) is 11.6. The average Bonchev–Trinajstić information content (AvgIpc) is 3.19. The van der Waals surface area contributed by atoms with Gasteiger partial charge in [-0.15, -0.1) is 0 Å². The minimum absolute atomic E-state index is 0.0753. The Morgan fingerprint density at radius 3 is 2.63 bits per heavy atom. The van der Waals surface area contributed by atoms with Crippen LogP contribution >= 0.6 is 0 Å². The first-order valence-electron chi connectivity index (χ1n) is 6.83. The number of hydrogen-bond acceptors (Lipinski definition) is 4. The molecule has 1 fully saturated rings. The third kappa shape index (κ3) is 2.00. The fourth-order valence-corrected chi connectivity index (χ4v) is 3.08. The van der Waals surface area contributed by atoms with Crippen molar-refractivity contribution in [1.29, 1.82) is 0 Å². The lowest BCUT2D eigenvalue weighted by Gasteiger charge is -2.39. The minimum atomic E-state index is -0.0753. The van der Waals surface area contributed by atoms with Crippen LogP contribution < -0.4 is 10.6 Å². The van der Waals surface area contributed by atoms with Gasteiger partial charge in [0.15, 0.2) is 5.96 Å². The van der Waals surface area contributed by atoms with Gasteiger partial charge < -0.3 is 15.4 Å². The van der Waals surface area contributed by atoms with E-state index in [1.807, 2.05) is 0 Å². The van der Waals surface area contributed by atoms with Crippen LogP contribution in [0, 0.1) is 12.8 Å². The van der Waals surface area contributed by atoms with Crippen molar-refractivity contribution in [3.8, 4) is 0 Å². The van der Waals surface area contributed by atoms with E-state index in [9.17, 15) is 0 Å². The molecular formula is C15H21N3O. The third-order valence-corrected chi connectivity index (χ3v) is 4.21. The molecule has 1 aliphatic carbocycles. The van der Waals surface area contributed by atoms with E-state index in [0.717, 1.165) is 12.2 Å². The van der Waals surface area contributed by atoms with Gasteiger partial charge in [0, 0.05) is 12.8 Å². The van der Waals surface area contributed by atoms with Crippen LogP contribution in [0.4, 0.5) is 5.69 Å². The van der Waals surface area contributed by atoms with Crippen LogP contribution in [0.2, 0.25) is 0 Å². The Balaban J connectivity index is 1.99. The van der Waals surface area contributed by atoms with Crippen LogP contribution in [0.1, 0.15) is 18.4 Å². The first kappa shape index (κ1) is 12.5. The molecule has 0 bridgehead atoms. The molecular weight excluding hydrogens is 238 g/mol. The molecule has 1 unspecified atom stereocenters. The number of aliphatic imine (C=N–C) groups is 1. The Morgan fingerprint density at radius 1 is 1.37 bits per heavy atom. The van der Waals surface area contributed by atoms with Crippen LogP contribution in [0.5, 0.6) is 0 Å². The van der Waals surface area contributed by atoms with Crippen LogP contribution in [0.3, 0.4) is 0 Å². The quantitative estimate of drug-likeness (QED) is 0.899. The van der Waals surface area contributed by atoms with E-state index >= 15 is 0 Å². The highest BCUT2D eigenvalue weighted by Gasteiger charge is 2.53. The molecule has 2 N–H and O–H groups in total. The van der Waals surface area contributed by atoms with Crippen molar-refractivity contribution in [2.24, 2.45) is 16.6 Å². The standard InChI is InChI=1S/C15H21N3O/c1-11-3-7-13(8-4-11)18-14(16)17-9-15(18,10-19-2)12-5-6-12/h3-4,7-8,12H,5-6,9-10H2,1-2H3,(H2,16,17). The van der Waals surface area contributed by atoms with E-state index in [1.165, 1.54) is 18.4 Å². The van der Waals surface area contributed by atoms with Gasteiger partial charge in [-0.1, -0.05) is 17.7 Å². The van der Waals surface area contributed by atoms with E-state index in [1.54, 1.807) is 7.11 Å². The number of rotatable bonds is 4. The molecule has 3 rings (SSSR count). The summed E-state index contributed by atoms with van der Waals surface area (Å²) >= 11 is 0. The molecule has 1 aromatic rings. The predicted octanol–water partition coefficient (Wildman–Crippen LogP) is 1.92. The van der Waals surface area contributed by atoms with Gasteiger partial charge in [-0.2, -0.15) is 0 Å². The van der Waals surface area contributed by atoms with E-state index in [-0.39, 0.29) is 5.54 Å². The van der Waals surface area contributed by atoms with Crippen molar-refractivity contribution in [3.63, 3.8) is 0 Å². The molecule has 19 heavy (non-hydrogen) atoms. The number of anilines is 1. The molecule has 0 saturated heterocycles. The van der Waals surface area contributed by atoms with Gasteiger partial charge >= 0.3 is 0 Å². The van der Waals surface area contributed by atoms with Crippen molar-refractivity contribution < 1.29 is 4.74 Å². The largest absolute Gasteiger partial charge is 0.382 e. The first-order valence-corrected chi connectivity index (χ1v) is 6.83. The van der Waals surface area contributed by atoms with Crippen LogP contribution in [0.15, 0.2) is 29.3 Å². The molecule has 4 nitrogen and oxygen atoms in total. The van der Waals surface area contributed by atoms with Crippen molar-refractivity contribution in [3.05, 3.63) is 29.8 Å². The number of nitrogens with zero attached hydrogens (tertiary/aromatic N) is 2. The molecule has 2 aliphatic rings. The van der Waals surface area contributed by atoms with Gasteiger partial charge in [0.25, 0.3) is 0 Å². The predicted molar refractivity (Wildman–Crippen MR) is 77.5 cm³/mol. The van der Waals surface area contributed by atoms with E-state index in [2.05, 4.69) is 41.1 Å². The summed E-state index contributed by atoms with van der Waals surface area (Å²) < 4.78 is 5.48. The fraction of sp³-hybridized carbons (Fsp3) is 0.533. The smallest absolute Gasteiger partial charge is 0.196 e. The summed E-state index contributed by atoms with van der Waals surface area (Å²) in [6.45, 7) is 3.51. The number of aryl methyl sites for hydroxylation is 1. The van der Waals surface area contributed by atoms with Gasteiger partial charge in [0.2, 0.25) is 0 Å². The summed E-state index contributed by atoms with van der Waals surface area (Å²) in [5.41, 5.74) is 8.44. The van der Waals surface area contributed by atoms with Crippen molar-refractivity contribution >= 4 is 11.6 Å². The Labute approximate surface area is 114 Å². The summed E-state index contributed by atoms with van der Waals surface area (Å²) in [6.07, 6.45) is 2.49. The Morgan fingerprint density at radius 2 is 2.05 bits per heavy atom. The maximum Gasteiger partial charge on any atom is 0.196 e. The zero-order chi connectivity index (χ0) is 13.5. The molecule has 4 heteroatoms. The van der Waals surface area contributed by atoms with Gasteiger partial charge in [0.1, 0.15) is 0 Å². The lowest BCUT2D eigenvalue weighted by Crippen LogP contribution is -2.56. The molecule has 0 amide bonds. The fourth-order valence-electron chi connectivity index (χ4n) is 3.08. The first-order chi connectivity index (χ1) is 9.17. The Hall–Kier alpha value is -1.55. The third-order valence-electron chi connectivity index (χ3n) is 4.21. The van der Waals surface area contributed by atoms with Gasteiger partial charge in [-0.3, -0.25) is 4.99 Å². The monoisotopic (exact) mass is 259 g/mol. The van der Waals surface area contributed by atoms with E-state index < -0.39 is 0 Å². The lowest BCUT2D eigenvalue weighted by molar-refractivity contribution is 0.129. The number of guanidine groups is 1. The van der Waals surface area contributed by atoms with Gasteiger partial charge in [-0.05, 0) is 37.8 Å². The average molecular weight is 259 g/mol. The lowest BCUT2D eigenvalue weighted by atomic mass is 9.92. The molecule has 0 spiro atoms. The molecule has 1 heterocycles. The molecule has 1 saturated carbocycles. The van der Waals surface area contributed by atoms with Crippen molar-refractivity contribution in [2.45, 2.75) is 25.3 Å². The highest BCUT2D eigenvalue weighted by molar-refractivity contribution is 5.98. The Bertz CT molecular complexity index is 493. The van der Waals surface area contributed by atoms with Crippen molar-refractivity contribution in [2.75, 3.05) is 25.2 Å². The van der Waals surface area contributed by atoms with Crippen LogP contribution in [0.25, 0.3) is 0 Å². The van der Waals surface area contributed by atoms with E-state index in [4.69, 9.17) is 10.5 Å². The highest BCUT2D eigenvalue weighted by atomic mass is 16.5. The SMILES string of the molecule is COCC1(C2CC2)CN=C(N)N1c1ccc(C)cc1. The van der Waals surface area contributed by atoms with Crippen LogP contribution in [-0.2, 0) is 4.74 Å². The van der Waals surface area contributed by atoms with Crippen molar-refractivity contribution in [1.82, 2.24) is 0 Å². The molecule has 102 valence electrons. The Kier molecular flexibility index (Phi) is 2.97. The minimum Gasteiger partial charge on any atom is -0.382 e. The maximum absolute atomic E-state index is 6.14. The molecule has 1 aromatic carbocycles. The maximum atomic E-state index is 6.14. The molecule has 0 radical (unpaired) electrons. The molecule has 0 aromatic heterocycles. The summed E-state index contributed by atoms with van der Waals surface area (Å²) in [5.74, 6) is 1.26. The number of nitrogens with two attached hydrogens (primary N) is 1. The second-order valence-corrected chi connectivity index (χ2v) is 5.66. The highest BCUT2D eigenvalue weighted by Crippen LogP contribution is 2.47. The second-order valence-electron chi connectivity index (χ2n) is 5.66. The number of benzene rings is 1. The number of ether oxygens (including phenoxy) is 1. The number of methoxy groups -OCH3 is 1. The number of hydrogen-bond donors (Lipinski definition) is 1. The van der Waals surface area contributed by atoms with Gasteiger partial charge in [0.05, 0.1) is 18.7 Å². The van der Waals surface area contributed by atoms with Gasteiger partial charge in [-0.25, -0.2) is 0 Å².